The third-order valence-corrected chi connectivity index (χ3v) is 2.37. The summed E-state index contributed by atoms with van der Waals surface area (Å²) in [6, 6.07) is 1.33. The number of carbonyl (C=O) groups is 1. The molecule has 0 saturated carbocycles. The van der Waals surface area contributed by atoms with Gasteiger partial charge in [-0.15, -0.1) is 11.6 Å². The molecule has 15 heavy (non-hydrogen) atoms. The Balaban J connectivity index is 3.41. The Morgan fingerprint density at radius 3 is 2.33 bits per heavy atom. The third-order valence-electron chi connectivity index (χ3n) is 2.13. The van der Waals surface area contributed by atoms with Crippen molar-refractivity contribution in [3.05, 3.63) is 17.2 Å². The molecule has 0 aliphatic rings. The van der Waals surface area contributed by atoms with E-state index in [0.29, 0.717) is 12.0 Å². The summed E-state index contributed by atoms with van der Waals surface area (Å²) < 4.78 is 0. The highest BCUT2D eigenvalue weighted by Gasteiger charge is 2.19. The summed E-state index contributed by atoms with van der Waals surface area (Å²) in [4.78, 5) is 11.3. The van der Waals surface area contributed by atoms with Gasteiger partial charge in [0.2, 0.25) is 5.75 Å². The summed E-state index contributed by atoms with van der Waals surface area (Å²) in [7, 11) is 0. The van der Waals surface area contributed by atoms with Crippen molar-refractivity contribution in [1.29, 1.82) is 0 Å². The van der Waals surface area contributed by atoms with Gasteiger partial charge in [0.15, 0.2) is 17.3 Å². The van der Waals surface area contributed by atoms with Crippen LogP contribution in [0.2, 0.25) is 0 Å². The second-order valence-electron chi connectivity index (χ2n) is 3.04. The van der Waals surface area contributed by atoms with Gasteiger partial charge in [-0.05, 0) is 18.1 Å². The topological polar surface area (TPSA) is 77.8 Å². The van der Waals surface area contributed by atoms with Crippen molar-refractivity contribution in [2.45, 2.75) is 13.3 Å². The molecule has 3 N–H and O–H groups in total. The van der Waals surface area contributed by atoms with Gasteiger partial charge in [-0.1, -0.05) is 6.92 Å². The number of hydrogen-bond donors (Lipinski definition) is 3. The first-order chi connectivity index (χ1) is 7.02. The zero-order valence-corrected chi connectivity index (χ0v) is 8.88. The molecule has 0 radical (unpaired) electrons. The Labute approximate surface area is 91.7 Å². The second-order valence-corrected chi connectivity index (χ2v) is 3.31. The maximum Gasteiger partial charge on any atom is 0.201 e. The van der Waals surface area contributed by atoms with E-state index in [1.165, 1.54) is 6.07 Å². The summed E-state index contributed by atoms with van der Waals surface area (Å²) >= 11 is 5.34. The molecule has 0 amide bonds. The Morgan fingerprint density at radius 2 is 1.87 bits per heavy atom. The van der Waals surface area contributed by atoms with Crippen LogP contribution in [0.1, 0.15) is 22.8 Å². The number of phenolic OH excluding ortho intramolecular Hbond substituents is 3. The molecular weight excluding hydrogens is 220 g/mol. The summed E-state index contributed by atoms with van der Waals surface area (Å²) in [5.74, 6) is -2.50. The molecule has 82 valence electrons. The highest BCUT2D eigenvalue weighted by atomic mass is 35.5. The fourth-order valence-electron chi connectivity index (χ4n) is 1.26. The minimum Gasteiger partial charge on any atom is -0.504 e. The van der Waals surface area contributed by atoms with Crippen LogP contribution in [0.15, 0.2) is 6.07 Å². The lowest BCUT2D eigenvalue weighted by molar-refractivity contribution is 0.101. The van der Waals surface area contributed by atoms with Crippen LogP contribution < -0.4 is 0 Å². The minimum atomic E-state index is -0.678. The number of rotatable bonds is 3. The van der Waals surface area contributed by atoms with Crippen LogP contribution >= 0.6 is 11.6 Å². The van der Waals surface area contributed by atoms with E-state index in [1.54, 1.807) is 6.92 Å². The van der Waals surface area contributed by atoms with Gasteiger partial charge in [-0.3, -0.25) is 4.79 Å². The molecule has 1 aromatic carbocycles. The van der Waals surface area contributed by atoms with Crippen LogP contribution in [0.3, 0.4) is 0 Å². The fourth-order valence-corrected chi connectivity index (χ4v) is 1.40. The van der Waals surface area contributed by atoms with Crippen LogP contribution in [0.5, 0.6) is 17.2 Å². The van der Waals surface area contributed by atoms with E-state index >= 15 is 0 Å². The number of phenols is 3. The molecule has 0 atom stereocenters. The molecular formula is C10H11ClO4. The van der Waals surface area contributed by atoms with Crippen LogP contribution in [0.4, 0.5) is 0 Å². The Kier molecular flexibility index (Phi) is 3.42. The minimum absolute atomic E-state index is 0.0721. The van der Waals surface area contributed by atoms with Crippen molar-refractivity contribution in [3.63, 3.8) is 0 Å². The van der Waals surface area contributed by atoms with E-state index in [9.17, 15) is 20.1 Å². The van der Waals surface area contributed by atoms with E-state index in [4.69, 9.17) is 11.6 Å². The Hall–Kier alpha value is -1.42. The molecule has 0 aliphatic heterocycles. The first-order valence-electron chi connectivity index (χ1n) is 4.38. The number of benzene rings is 1. The van der Waals surface area contributed by atoms with Crippen molar-refractivity contribution in [2.24, 2.45) is 0 Å². The number of carbonyl (C=O) groups excluding carboxylic acids is 1. The van der Waals surface area contributed by atoms with Crippen molar-refractivity contribution in [2.75, 3.05) is 5.88 Å². The van der Waals surface area contributed by atoms with Crippen LogP contribution in [0, 0.1) is 0 Å². The molecule has 4 nitrogen and oxygen atoms in total. The smallest absolute Gasteiger partial charge is 0.201 e. The van der Waals surface area contributed by atoms with Gasteiger partial charge in [0.25, 0.3) is 0 Å². The van der Waals surface area contributed by atoms with E-state index in [1.807, 2.05) is 0 Å². The van der Waals surface area contributed by atoms with E-state index in [0.717, 1.165) is 0 Å². The molecule has 0 unspecified atom stereocenters. The van der Waals surface area contributed by atoms with Gasteiger partial charge >= 0.3 is 0 Å². The van der Waals surface area contributed by atoms with Crippen molar-refractivity contribution in [1.82, 2.24) is 0 Å². The zero-order chi connectivity index (χ0) is 11.6. The standard InChI is InChI=1S/C10H11ClO4/c1-2-5-3-6(7(12)4-11)9(14)10(15)8(5)13/h3,13-15H,2,4H2,1H3. The number of alkyl halides is 1. The van der Waals surface area contributed by atoms with Gasteiger partial charge < -0.3 is 15.3 Å². The average molecular weight is 231 g/mol. The number of aryl methyl sites for hydroxylation is 1. The predicted octanol–water partition coefficient (Wildman–Crippen LogP) is 1.79. The normalized spacial score (nSPS) is 10.3. The second kappa shape index (κ2) is 4.40. The van der Waals surface area contributed by atoms with Gasteiger partial charge in [0, 0.05) is 0 Å². The first-order valence-corrected chi connectivity index (χ1v) is 4.92. The summed E-state index contributed by atoms with van der Waals surface area (Å²) in [5, 5.41) is 28.2. The summed E-state index contributed by atoms with van der Waals surface area (Å²) in [6.45, 7) is 1.75. The summed E-state index contributed by atoms with van der Waals surface area (Å²) in [6.07, 6.45) is 0.433. The van der Waals surface area contributed by atoms with Crippen molar-refractivity contribution < 1.29 is 20.1 Å². The highest BCUT2D eigenvalue weighted by Crippen LogP contribution is 2.40. The number of hydrogen-bond acceptors (Lipinski definition) is 4. The first kappa shape index (κ1) is 11.7. The van der Waals surface area contributed by atoms with Gasteiger partial charge in [0.05, 0.1) is 11.4 Å². The van der Waals surface area contributed by atoms with Crippen molar-refractivity contribution >= 4 is 17.4 Å². The third kappa shape index (κ3) is 1.99. The van der Waals surface area contributed by atoms with Crippen molar-refractivity contribution in [3.8, 4) is 17.2 Å². The van der Waals surface area contributed by atoms with Crippen LogP contribution in [0.25, 0.3) is 0 Å². The van der Waals surface area contributed by atoms with E-state index in [-0.39, 0.29) is 11.4 Å². The SMILES string of the molecule is CCc1cc(C(=O)CCl)c(O)c(O)c1O. The van der Waals surface area contributed by atoms with Crippen LogP contribution in [-0.2, 0) is 6.42 Å². The molecule has 5 heteroatoms. The monoisotopic (exact) mass is 230 g/mol. The molecule has 0 aliphatic carbocycles. The van der Waals surface area contributed by atoms with Gasteiger partial charge in [0.1, 0.15) is 0 Å². The van der Waals surface area contributed by atoms with Crippen LogP contribution in [-0.4, -0.2) is 27.0 Å². The number of halogens is 1. The maximum absolute atomic E-state index is 11.3. The van der Waals surface area contributed by atoms with E-state index in [2.05, 4.69) is 0 Å². The predicted molar refractivity (Wildman–Crippen MR) is 55.9 cm³/mol. The fraction of sp³-hybridized carbons (Fsp3) is 0.300. The van der Waals surface area contributed by atoms with E-state index < -0.39 is 23.0 Å². The molecule has 0 fully saturated rings. The van der Waals surface area contributed by atoms with Gasteiger partial charge in [-0.2, -0.15) is 0 Å². The molecule has 0 heterocycles. The lowest BCUT2D eigenvalue weighted by Gasteiger charge is -2.09. The highest BCUT2D eigenvalue weighted by molar-refractivity contribution is 6.30. The number of aromatic hydroxyl groups is 3. The van der Waals surface area contributed by atoms with Gasteiger partial charge in [-0.25, -0.2) is 0 Å². The number of Topliss-reactive ketones (excluding diaryl/α,β-unsaturated/α-hetero) is 1. The molecule has 1 aromatic rings. The molecule has 0 aromatic heterocycles. The molecule has 0 spiro atoms. The zero-order valence-electron chi connectivity index (χ0n) is 8.12. The Bertz CT molecular complexity index is 401. The quantitative estimate of drug-likeness (QED) is 0.420. The average Bonchev–Trinajstić information content (AvgIpc) is 2.25. The lowest BCUT2D eigenvalue weighted by atomic mass is 10.0. The largest absolute Gasteiger partial charge is 0.504 e. The molecule has 1 rings (SSSR count). The lowest BCUT2D eigenvalue weighted by Crippen LogP contribution is -2.02. The number of ketones is 1. The Morgan fingerprint density at radius 1 is 1.27 bits per heavy atom. The molecule has 0 bridgehead atoms. The molecule has 0 saturated heterocycles. The summed E-state index contributed by atoms with van der Waals surface area (Å²) in [5.41, 5.74) is 0.316. The maximum atomic E-state index is 11.3.